The molecule has 5 rings (SSSR count). The standard InChI is InChI=1S/C25H34O6/c1-4-5-21-30-20-11-17-16-7-6-14-10-15(27)8-9-23(14,2)22(16)18(28)12-24(17,3)25(20,31-21)19(29)13-26/h8-10,16-18,20-22,26,28H,4-7,11-13H2,1-3H3/t16-,17-,18-,20+,21?,22+,23-,24-,25+/m0/s1/i6D2,8D,13D2. The zero-order chi connectivity index (χ0) is 26.6. The lowest BCUT2D eigenvalue weighted by atomic mass is 9.46. The maximum absolute atomic E-state index is 13.6. The fraction of sp³-hybridized carbons (Fsp3) is 0.760. The summed E-state index contributed by atoms with van der Waals surface area (Å²) in [6.07, 6.45) is -0.385. The Balaban J connectivity index is 1.64. The number of ether oxygens (including phenoxy) is 2. The van der Waals surface area contributed by atoms with Gasteiger partial charge in [-0.25, -0.2) is 0 Å². The van der Waals surface area contributed by atoms with Gasteiger partial charge in [0.05, 0.1) is 16.3 Å². The topological polar surface area (TPSA) is 93.1 Å². The van der Waals surface area contributed by atoms with Crippen molar-refractivity contribution in [3.63, 3.8) is 0 Å². The molecule has 6 heteroatoms. The molecule has 0 aromatic carbocycles. The lowest BCUT2D eigenvalue weighted by Crippen LogP contribution is -2.63. The van der Waals surface area contributed by atoms with Gasteiger partial charge < -0.3 is 19.7 Å². The Kier molecular flexibility index (Phi) is 3.72. The lowest BCUT2D eigenvalue weighted by Gasteiger charge is -2.59. The molecule has 0 aromatic rings. The third kappa shape index (κ3) is 2.65. The molecule has 1 saturated heterocycles. The van der Waals surface area contributed by atoms with Crippen molar-refractivity contribution in [3.8, 4) is 0 Å². The van der Waals surface area contributed by atoms with Crippen LogP contribution in [-0.4, -0.2) is 52.4 Å². The van der Waals surface area contributed by atoms with Crippen LogP contribution in [0.25, 0.3) is 0 Å². The first-order chi connectivity index (χ1) is 16.5. The molecule has 0 aromatic heterocycles. The number of allylic oxidation sites excluding steroid dienone is 4. The van der Waals surface area contributed by atoms with E-state index in [1.807, 2.05) is 6.92 Å². The van der Waals surface area contributed by atoms with Crippen LogP contribution < -0.4 is 0 Å². The molecule has 1 aliphatic heterocycles. The van der Waals surface area contributed by atoms with Gasteiger partial charge in [-0.1, -0.05) is 38.8 Å². The van der Waals surface area contributed by atoms with E-state index in [-0.39, 0.29) is 30.9 Å². The van der Waals surface area contributed by atoms with E-state index in [0.29, 0.717) is 12.8 Å². The SMILES string of the molecule is [2H]C1=C[C@@]2(C)C(=CC1=O)C([2H])([2H])C[C@@H]1[C@@H]2[C@@H](O)C[C@@]2(C)[C@H]1C[C@H]1OC(CCC)O[C@]12C(=O)C([2H])([2H])O. The van der Waals surface area contributed by atoms with Crippen molar-refractivity contribution in [3.05, 3.63) is 23.8 Å². The molecule has 9 atom stereocenters. The zero-order valence-corrected chi connectivity index (χ0v) is 18.2. The lowest BCUT2D eigenvalue weighted by molar-refractivity contribution is -0.200. The molecule has 1 heterocycles. The minimum Gasteiger partial charge on any atom is -0.393 e. The highest BCUT2D eigenvalue weighted by molar-refractivity contribution is 6.01. The molecule has 170 valence electrons. The Morgan fingerprint density at radius 3 is 2.94 bits per heavy atom. The predicted octanol–water partition coefficient (Wildman–Crippen LogP) is 2.72. The Bertz CT molecular complexity index is 1070. The highest BCUT2D eigenvalue weighted by Gasteiger charge is 2.75. The molecule has 0 radical (unpaired) electrons. The van der Waals surface area contributed by atoms with Crippen molar-refractivity contribution >= 4 is 11.6 Å². The molecule has 4 fully saturated rings. The van der Waals surface area contributed by atoms with E-state index in [9.17, 15) is 19.8 Å². The molecule has 31 heavy (non-hydrogen) atoms. The Labute approximate surface area is 190 Å². The van der Waals surface area contributed by atoms with Crippen molar-refractivity contribution in [2.75, 3.05) is 6.56 Å². The second-order valence-electron chi connectivity index (χ2n) is 10.2. The van der Waals surface area contributed by atoms with Gasteiger partial charge in [-0.2, -0.15) is 0 Å². The summed E-state index contributed by atoms with van der Waals surface area (Å²) >= 11 is 0. The molecular weight excluding hydrogens is 396 g/mol. The minimum absolute atomic E-state index is 0.00768. The molecular formula is C25H34O6. The van der Waals surface area contributed by atoms with Crippen molar-refractivity contribution in [1.29, 1.82) is 0 Å². The molecule has 6 nitrogen and oxygen atoms in total. The monoisotopic (exact) mass is 435 g/mol. The molecule has 0 bridgehead atoms. The van der Waals surface area contributed by atoms with Gasteiger partial charge in [0.15, 0.2) is 23.5 Å². The van der Waals surface area contributed by atoms with Crippen LogP contribution in [0.15, 0.2) is 23.8 Å². The summed E-state index contributed by atoms with van der Waals surface area (Å²) in [5.41, 5.74) is -3.79. The first-order valence-corrected chi connectivity index (χ1v) is 11.3. The van der Waals surface area contributed by atoms with Crippen LogP contribution in [0.1, 0.15) is 66.1 Å². The normalized spacial score (nSPS) is 55.1. The number of hydrogen-bond donors (Lipinski definition) is 2. The Morgan fingerprint density at radius 1 is 1.45 bits per heavy atom. The quantitative estimate of drug-likeness (QED) is 0.705. The summed E-state index contributed by atoms with van der Waals surface area (Å²) in [4.78, 5) is 25.9. The molecule has 5 aliphatic rings. The number of fused-ring (bicyclic) bond motifs is 7. The summed E-state index contributed by atoms with van der Waals surface area (Å²) in [6, 6.07) is -0.240. The number of aliphatic hydroxyl groups excluding tert-OH is 1. The second-order valence-corrected chi connectivity index (χ2v) is 10.2. The predicted molar refractivity (Wildman–Crippen MR) is 113 cm³/mol. The van der Waals surface area contributed by atoms with Gasteiger partial charge in [-0.3, -0.25) is 9.59 Å². The number of hydrogen-bond acceptors (Lipinski definition) is 6. The summed E-state index contributed by atoms with van der Waals surface area (Å²) in [7, 11) is 0. The van der Waals surface area contributed by atoms with Crippen molar-refractivity contribution in [1.82, 2.24) is 0 Å². The van der Waals surface area contributed by atoms with Crippen molar-refractivity contribution in [2.24, 2.45) is 28.6 Å². The molecule has 0 spiro atoms. The summed E-state index contributed by atoms with van der Waals surface area (Å²) in [5, 5.41) is 21.8. The van der Waals surface area contributed by atoms with E-state index >= 15 is 0 Å². The van der Waals surface area contributed by atoms with Crippen LogP contribution in [0.2, 0.25) is 0 Å². The smallest absolute Gasteiger partial charge is 0.193 e. The van der Waals surface area contributed by atoms with Crippen LogP contribution in [-0.2, 0) is 19.1 Å². The highest BCUT2D eigenvalue weighted by Crippen LogP contribution is 2.69. The molecule has 0 amide bonds. The summed E-state index contributed by atoms with van der Waals surface area (Å²) in [6.45, 7) is 2.27. The molecule has 2 N–H and O–H groups in total. The number of carbonyl (C=O) groups excluding carboxylic acids is 2. The Morgan fingerprint density at radius 2 is 2.23 bits per heavy atom. The summed E-state index contributed by atoms with van der Waals surface area (Å²) < 4.78 is 53.9. The highest BCUT2D eigenvalue weighted by atomic mass is 16.7. The van der Waals surface area contributed by atoms with Gasteiger partial charge in [0.2, 0.25) is 0 Å². The number of carbonyl (C=O) groups is 2. The van der Waals surface area contributed by atoms with E-state index in [1.165, 1.54) is 12.2 Å². The van der Waals surface area contributed by atoms with Crippen LogP contribution in [0.3, 0.4) is 0 Å². The third-order valence-electron chi connectivity index (χ3n) is 8.80. The third-order valence-corrected chi connectivity index (χ3v) is 8.80. The average Bonchev–Trinajstić information content (AvgIpc) is 3.21. The fourth-order valence-electron chi connectivity index (χ4n) is 7.52. The van der Waals surface area contributed by atoms with Gasteiger partial charge in [0.25, 0.3) is 0 Å². The zero-order valence-electron chi connectivity index (χ0n) is 23.2. The molecule has 4 aliphatic carbocycles. The number of aliphatic hydroxyl groups is 2. The average molecular weight is 436 g/mol. The van der Waals surface area contributed by atoms with Gasteiger partial charge in [-0.05, 0) is 56.0 Å². The Hall–Kier alpha value is -1.34. The first-order valence-electron chi connectivity index (χ1n) is 13.8. The second kappa shape index (κ2) is 7.08. The van der Waals surface area contributed by atoms with E-state index in [4.69, 9.17) is 16.3 Å². The number of rotatable bonds is 4. The minimum atomic E-state index is -3.18. The van der Waals surface area contributed by atoms with Crippen molar-refractivity contribution in [2.45, 2.75) is 83.3 Å². The van der Waals surface area contributed by atoms with Crippen LogP contribution in [0.4, 0.5) is 0 Å². The molecule has 1 unspecified atom stereocenters. The van der Waals surface area contributed by atoms with E-state index < -0.39 is 77.2 Å². The fourth-order valence-corrected chi connectivity index (χ4v) is 7.52. The maximum Gasteiger partial charge on any atom is 0.193 e. The largest absolute Gasteiger partial charge is 0.393 e. The van der Waals surface area contributed by atoms with Gasteiger partial charge >= 0.3 is 0 Å². The van der Waals surface area contributed by atoms with Gasteiger partial charge in [0.1, 0.15) is 6.56 Å². The maximum atomic E-state index is 13.6. The first kappa shape index (κ1) is 16.3. The summed E-state index contributed by atoms with van der Waals surface area (Å²) in [5.74, 6) is -3.07. The van der Waals surface area contributed by atoms with E-state index in [2.05, 4.69) is 0 Å². The van der Waals surface area contributed by atoms with Crippen LogP contribution >= 0.6 is 0 Å². The van der Waals surface area contributed by atoms with E-state index in [0.717, 1.165) is 0 Å². The van der Waals surface area contributed by atoms with E-state index in [1.54, 1.807) is 13.8 Å². The van der Waals surface area contributed by atoms with Crippen molar-refractivity contribution < 1.29 is 36.1 Å². The molecule has 3 saturated carbocycles. The van der Waals surface area contributed by atoms with Crippen LogP contribution in [0.5, 0.6) is 0 Å². The van der Waals surface area contributed by atoms with Crippen LogP contribution in [0, 0.1) is 28.6 Å². The van der Waals surface area contributed by atoms with Gasteiger partial charge in [-0.15, -0.1) is 0 Å². The number of ketones is 2. The number of Topliss-reactive ketones (excluding diaryl/α,β-unsaturated/α-hetero) is 1. The van der Waals surface area contributed by atoms with Gasteiger partial charge in [0, 0.05) is 19.5 Å².